The van der Waals surface area contributed by atoms with Crippen LogP contribution in [-0.4, -0.2) is 25.5 Å². The second kappa shape index (κ2) is 3.72. The van der Waals surface area contributed by atoms with Gasteiger partial charge in [-0.25, -0.2) is 0 Å². The quantitative estimate of drug-likeness (QED) is 0.711. The fraction of sp³-hybridized carbons (Fsp3) is 0.333. The summed E-state index contributed by atoms with van der Waals surface area (Å²) in [4.78, 5) is 3.17. The average molecular weight is 183 g/mol. The number of aromatic hydroxyl groups is 1. The summed E-state index contributed by atoms with van der Waals surface area (Å²) in [5.74, 6) is 0.316. The zero-order valence-corrected chi connectivity index (χ0v) is 8.35. The minimum Gasteiger partial charge on any atom is -0.508 e. The topological polar surface area (TPSA) is 23.5 Å². The molecule has 0 aliphatic heterocycles. The fourth-order valence-electron chi connectivity index (χ4n) is 1.03. The Morgan fingerprint density at radius 3 is 2.50 bits per heavy atom. The molecule has 0 atom stereocenters. The highest BCUT2D eigenvalue weighted by Crippen LogP contribution is 2.30. The van der Waals surface area contributed by atoms with Crippen molar-refractivity contribution < 1.29 is 5.11 Å². The summed E-state index contributed by atoms with van der Waals surface area (Å²) in [6.07, 6.45) is 2.03. The molecule has 1 aromatic carbocycles. The summed E-state index contributed by atoms with van der Waals surface area (Å²) < 4.78 is 0. The zero-order chi connectivity index (χ0) is 9.14. The molecule has 1 aromatic rings. The van der Waals surface area contributed by atoms with Crippen molar-refractivity contribution in [2.45, 2.75) is 4.90 Å². The van der Waals surface area contributed by atoms with Crippen LogP contribution >= 0.6 is 11.8 Å². The standard InChI is InChI=1S/C9H13NOS/c1-10(2)8-6-7(11)4-5-9(8)12-3/h4-6,11H,1-3H3. The Kier molecular flexibility index (Phi) is 2.87. The Morgan fingerprint density at radius 2 is 2.00 bits per heavy atom. The Balaban J connectivity index is 3.12. The highest BCUT2D eigenvalue weighted by molar-refractivity contribution is 7.98. The molecule has 2 nitrogen and oxygen atoms in total. The SMILES string of the molecule is CSc1ccc(O)cc1N(C)C. The van der Waals surface area contributed by atoms with Crippen molar-refractivity contribution >= 4 is 17.4 Å². The molecular weight excluding hydrogens is 170 g/mol. The number of benzene rings is 1. The van der Waals surface area contributed by atoms with E-state index in [-0.39, 0.29) is 0 Å². The first-order valence-corrected chi connectivity index (χ1v) is 4.92. The lowest BCUT2D eigenvalue weighted by molar-refractivity contribution is 0.475. The summed E-state index contributed by atoms with van der Waals surface area (Å²) in [5, 5.41) is 9.25. The van der Waals surface area contributed by atoms with Gasteiger partial charge in [-0.3, -0.25) is 0 Å². The van der Waals surface area contributed by atoms with Crippen molar-refractivity contribution in [2.24, 2.45) is 0 Å². The highest BCUT2D eigenvalue weighted by Gasteiger charge is 2.03. The second-order valence-electron chi connectivity index (χ2n) is 2.75. The third-order valence-electron chi connectivity index (χ3n) is 1.64. The number of thioether (sulfide) groups is 1. The van der Waals surface area contributed by atoms with Crippen molar-refractivity contribution in [3.63, 3.8) is 0 Å². The van der Waals surface area contributed by atoms with E-state index in [2.05, 4.69) is 0 Å². The Bertz CT molecular complexity index is 273. The molecule has 0 saturated heterocycles. The second-order valence-corrected chi connectivity index (χ2v) is 3.60. The molecule has 0 saturated carbocycles. The molecule has 0 radical (unpaired) electrons. The van der Waals surface area contributed by atoms with E-state index in [1.165, 1.54) is 4.90 Å². The first-order valence-electron chi connectivity index (χ1n) is 3.69. The van der Waals surface area contributed by atoms with Crippen molar-refractivity contribution in [1.82, 2.24) is 0 Å². The molecule has 0 aliphatic rings. The lowest BCUT2D eigenvalue weighted by Gasteiger charge is -2.16. The lowest BCUT2D eigenvalue weighted by Crippen LogP contribution is -2.09. The van der Waals surface area contributed by atoms with E-state index in [4.69, 9.17) is 0 Å². The van der Waals surface area contributed by atoms with E-state index in [1.807, 2.05) is 31.3 Å². The Hall–Kier alpha value is -0.830. The van der Waals surface area contributed by atoms with Crippen LogP contribution in [-0.2, 0) is 0 Å². The van der Waals surface area contributed by atoms with Gasteiger partial charge in [-0.2, -0.15) is 0 Å². The molecule has 0 heterocycles. The van der Waals surface area contributed by atoms with Crippen LogP contribution in [0, 0.1) is 0 Å². The van der Waals surface area contributed by atoms with Crippen LogP contribution in [0.4, 0.5) is 5.69 Å². The van der Waals surface area contributed by atoms with Gasteiger partial charge >= 0.3 is 0 Å². The van der Waals surface area contributed by atoms with E-state index in [0.717, 1.165) is 5.69 Å². The van der Waals surface area contributed by atoms with E-state index in [1.54, 1.807) is 23.9 Å². The van der Waals surface area contributed by atoms with E-state index in [0.29, 0.717) is 5.75 Å². The van der Waals surface area contributed by atoms with Gasteiger partial charge in [0.05, 0.1) is 5.69 Å². The van der Waals surface area contributed by atoms with Crippen LogP contribution in [0.1, 0.15) is 0 Å². The maximum Gasteiger partial charge on any atom is 0.117 e. The van der Waals surface area contributed by atoms with Gasteiger partial charge in [-0.15, -0.1) is 11.8 Å². The van der Waals surface area contributed by atoms with Gasteiger partial charge in [0, 0.05) is 25.1 Å². The zero-order valence-electron chi connectivity index (χ0n) is 7.53. The minimum absolute atomic E-state index is 0.316. The molecule has 0 bridgehead atoms. The molecule has 0 spiro atoms. The van der Waals surface area contributed by atoms with Crippen molar-refractivity contribution in [3.05, 3.63) is 18.2 Å². The molecule has 0 unspecified atom stereocenters. The predicted molar refractivity (Wildman–Crippen MR) is 54.2 cm³/mol. The van der Waals surface area contributed by atoms with Gasteiger partial charge in [0.2, 0.25) is 0 Å². The summed E-state index contributed by atoms with van der Waals surface area (Å²) in [7, 11) is 3.93. The fourth-order valence-corrected chi connectivity index (χ4v) is 1.68. The lowest BCUT2D eigenvalue weighted by atomic mass is 10.3. The molecule has 1 N–H and O–H groups in total. The monoisotopic (exact) mass is 183 g/mol. The van der Waals surface area contributed by atoms with Gasteiger partial charge in [-0.1, -0.05) is 0 Å². The molecule has 3 heteroatoms. The first-order chi connectivity index (χ1) is 5.65. The third kappa shape index (κ3) is 1.85. The number of nitrogens with zero attached hydrogens (tertiary/aromatic N) is 1. The smallest absolute Gasteiger partial charge is 0.117 e. The van der Waals surface area contributed by atoms with E-state index in [9.17, 15) is 5.11 Å². The van der Waals surface area contributed by atoms with Crippen LogP contribution in [0.25, 0.3) is 0 Å². The van der Waals surface area contributed by atoms with Crippen molar-refractivity contribution in [2.75, 3.05) is 25.3 Å². The maximum absolute atomic E-state index is 9.25. The van der Waals surface area contributed by atoms with Gasteiger partial charge in [-0.05, 0) is 18.4 Å². The molecular formula is C9H13NOS. The van der Waals surface area contributed by atoms with E-state index >= 15 is 0 Å². The minimum atomic E-state index is 0.316. The Labute approximate surface area is 77.2 Å². The largest absolute Gasteiger partial charge is 0.508 e. The normalized spacial score (nSPS) is 9.92. The first kappa shape index (κ1) is 9.26. The van der Waals surface area contributed by atoms with Gasteiger partial charge in [0.25, 0.3) is 0 Å². The van der Waals surface area contributed by atoms with E-state index < -0.39 is 0 Å². The Morgan fingerprint density at radius 1 is 1.33 bits per heavy atom. The van der Waals surface area contributed by atoms with Crippen LogP contribution in [0.2, 0.25) is 0 Å². The summed E-state index contributed by atoms with van der Waals surface area (Å²) in [6.45, 7) is 0. The molecule has 0 amide bonds. The molecule has 12 heavy (non-hydrogen) atoms. The van der Waals surface area contributed by atoms with Gasteiger partial charge in [0.15, 0.2) is 0 Å². The van der Waals surface area contributed by atoms with Crippen LogP contribution in [0.3, 0.4) is 0 Å². The third-order valence-corrected chi connectivity index (χ3v) is 2.43. The molecule has 1 rings (SSSR count). The van der Waals surface area contributed by atoms with Crippen LogP contribution in [0.15, 0.2) is 23.1 Å². The van der Waals surface area contributed by atoms with Crippen molar-refractivity contribution in [3.8, 4) is 5.75 Å². The average Bonchev–Trinajstić information content (AvgIpc) is 2.04. The maximum atomic E-state index is 9.25. The predicted octanol–water partition coefficient (Wildman–Crippen LogP) is 2.18. The van der Waals surface area contributed by atoms with Crippen LogP contribution < -0.4 is 4.90 Å². The number of anilines is 1. The summed E-state index contributed by atoms with van der Waals surface area (Å²) in [5.41, 5.74) is 1.06. The molecule has 0 fully saturated rings. The number of phenolic OH excluding ortho intramolecular Hbond substituents is 1. The molecule has 0 aromatic heterocycles. The number of rotatable bonds is 2. The summed E-state index contributed by atoms with van der Waals surface area (Å²) in [6, 6.07) is 5.40. The molecule has 66 valence electrons. The summed E-state index contributed by atoms with van der Waals surface area (Å²) >= 11 is 1.68. The van der Waals surface area contributed by atoms with Crippen molar-refractivity contribution in [1.29, 1.82) is 0 Å². The van der Waals surface area contributed by atoms with Gasteiger partial charge < -0.3 is 10.0 Å². The van der Waals surface area contributed by atoms with Gasteiger partial charge in [0.1, 0.15) is 5.75 Å². The number of hydrogen-bond acceptors (Lipinski definition) is 3. The molecule has 0 aliphatic carbocycles. The number of hydrogen-bond donors (Lipinski definition) is 1. The van der Waals surface area contributed by atoms with Crippen LogP contribution in [0.5, 0.6) is 5.75 Å². The highest BCUT2D eigenvalue weighted by atomic mass is 32.2. The number of phenols is 1.